The van der Waals surface area contributed by atoms with Crippen LogP contribution < -0.4 is 5.32 Å². The second kappa shape index (κ2) is 3.60. The van der Waals surface area contributed by atoms with E-state index in [2.05, 4.69) is 30.4 Å². The van der Waals surface area contributed by atoms with Crippen LogP contribution in [-0.4, -0.2) is 12.7 Å². The number of nitrogens with one attached hydrogen (secondary N) is 1. The summed E-state index contributed by atoms with van der Waals surface area (Å²) in [5, 5.41) is 3.27. The molecule has 2 atom stereocenters. The lowest BCUT2D eigenvalue weighted by Crippen LogP contribution is -2.12. The van der Waals surface area contributed by atoms with E-state index in [0.717, 1.165) is 24.2 Å². The summed E-state index contributed by atoms with van der Waals surface area (Å²) < 4.78 is 13.2. The summed E-state index contributed by atoms with van der Waals surface area (Å²) in [6.07, 6.45) is 0.265. The first-order chi connectivity index (χ1) is 6.72. The van der Waals surface area contributed by atoms with Gasteiger partial charge in [0, 0.05) is 18.2 Å². The van der Waals surface area contributed by atoms with Crippen LogP contribution in [0, 0.1) is 0 Å². The fourth-order valence-corrected chi connectivity index (χ4v) is 2.04. The van der Waals surface area contributed by atoms with Gasteiger partial charge in [-0.25, -0.2) is 4.39 Å². The highest BCUT2D eigenvalue weighted by molar-refractivity contribution is 5.59. The number of fused-ring (bicyclic) bond motifs is 1. The maximum atomic E-state index is 13.2. The molecule has 0 amide bonds. The Balaban J connectivity index is 2.33. The van der Waals surface area contributed by atoms with E-state index in [1.54, 1.807) is 6.92 Å². The molecular weight excluding hydrogens is 177 g/mol. The Bertz CT molecular complexity index is 333. The van der Waals surface area contributed by atoms with Crippen molar-refractivity contribution in [1.82, 2.24) is 0 Å². The van der Waals surface area contributed by atoms with E-state index >= 15 is 0 Å². The molecule has 2 unspecified atom stereocenters. The zero-order valence-corrected chi connectivity index (χ0v) is 8.68. The van der Waals surface area contributed by atoms with Gasteiger partial charge in [-0.05, 0) is 30.5 Å². The van der Waals surface area contributed by atoms with Gasteiger partial charge in [-0.1, -0.05) is 19.1 Å². The molecule has 0 bridgehead atoms. The van der Waals surface area contributed by atoms with Crippen molar-refractivity contribution in [2.24, 2.45) is 0 Å². The molecule has 1 aromatic carbocycles. The van der Waals surface area contributed by atoms with E-state index in [9.17, 15) is 4.39 Å². The highest BCUT2D eigenvalue weighted by Gasteiger charge is 2.26. The van der Waals surface area contributed by atoms with Crippen LogP contribution in [0.3, 0.4) is 0 Å². The number of aryl methyl sites for hydroxylation is 1. The van der Waals surface area contributed by atoms with E-state index in [1.165, 1.54) is 5.56 Å². The van der Waals surface area contributed by atoms with E-state index in [1.807, 2.05) is 0 Å². The average Bonchev–Trinajstić information content (AvgIpc) is 2.59. The fourth-order valence-electron chi connectivity index (χ4n) is 2.04. The lowest BCUT2D eigenvalue weighted by atomic mass is 9.96. The van der Waals surface area contributed by atoms with Crippen LogP contribution in [0.1, 0.15) is 30.9 Å². The maximum absolute atomic E-state index is 13.2. The molecule has 0 saturated carbocycles. The number of alkyl halides is 1. The van der Waals surface area contributed by atoms with Gasteiger partial charge in [-0.3, -0.25) is 0 Å². The van der Waals surface area contributed by atoms with E-state index < -0.39 is 6.17 Å². The Labute approximate surface area is 84.3 Å². The lowest BCUT2D eigenvalue weighted by molar-refractivity contribution is 0.317. The molecular formula is C12H16FN. The van der Waals surface area contributed by atoms with Crippen LogP contribution in [0.5, 0.6) is 0 Å². The predicted octanol–water partition coefficient (Wildman–Crippen LogP) is 3.12. The molecule has 76 valence electrons. The molecule has 0 spiro atoms. The lowest BCUT2D eigenvalue weighted by Gasteiger charge is -2.11. The molecule has 1 aliphatic heterocycles. The van der Waals surface area contributed by atoms with Gasteiger partial charge in [0.25, 0.3) is 0 Å². The highest BCUT2D eigenvalue weighted by Crippen LogP contribution is 2.35. The number of halogens is 1. The summed E-state index contributed by atoms with van der Waals surface area (Å²) in [5.41, 5.74) is 3.57. The van der Waals surface area contributed by atoms with E-state index in [-0.39, 0.29) is 5.92 Å². The van der Waals surface area contributed by atoms with Crippen LogP contribution in [0.2, 0.25) is 0 Å². The van der Waals surface area contributed by atoms with Crippen molar-refractivity contribution in [3.05, 3.63) is 29.3 Å². The fraction of sp³-hybridized carbons (Fsp3) is 0.500. The molecule has 1 heterocycles. The minimum absolute atomic E-state index is 0.0379. The minimum atomic E-state index is -0.767. The van der Waals surface area contributed by atoms with Crippen LogP contribution in [-0.2, 0) is 6.42 Å². The molecule has 1 aliphatic rings. The SMILES string of the molecule is CCc1ccc2c(c1)NCC2C(C)F. The average molecular weight is 193 g/mol. The third kappa shape index (κ3) is 1.49. The molecule has 2 heteroatoms. The molecule has 0 fully saturated rings. The Kier molecular flexibility index (Phi) is 2.44. The van der Waals surface area contributed by atoms with Crippen LogP contribution in [0.15, 0.2) is 18.2 Å². The number of hydrogen-bond acceptors (Lipinski definition) is 1. The van der Waals surface area contributed by atoms with Crippen molar-refractivity contribution in [3.63, 3.8) is 0 Å². The van der Waals surface area contributed by atoms with Crippen molar-refractivity contribution in [2.75, 3.05) is 11.9 Å². The third-order valence-electron chi connectivity index (χ3n) is 2.99. The number of benzene rings is 1. The molecule has 2 rings (SSSR count). The molecule has 0 radical (unpaired) electrons. The summed E-state index contributed by atoms with van der Waals surface area (Å²) >= 11 is 0. The Morgan fingerprint density at radius 1 is 1.57 bits per heavy atom. The topological polar surface area (TPSA) is 12.0 Å². The highest BCUT2D eigenvalue weighted by atomic mass is 19.1. The van der Waals surface area contributed by atoms with Gasteiger partial charge in [0.05, 0.1) is 0 Å². The van der Waals surface area contributed by atoms with Crippen molar-refractivity contribution in [3.8, 4) is 0 Å². The summed E-state index contributed by atoms with van der Waals surface area (Å²) in [5.74, 6) is 0.0379. The van der Waals surface area contributed by atoms with Gasteiger partial charge in [-0.2, -0.15) is 0 Å². The van der Waals surface area contributed by atoms with Gasteiger partial charge >= 0.3 is 0 Å². The van der Waals surface area contributed by atoms with E-state index in [4.69, 9.17) is 0 Å². The van der Waals surface area contributed by atoms with Crippen molar-refractivity contribution >= 4 is 5.69 Å². The molecule has 0 saturated heterocycles. The molecule has 1 aromatic rings. The van der Waals surface area contributed by atoms with Crippen LogP contribution >= 0.6 is 0 Å². The summed E-state index contributed by atoms with van der Waals surface area (Å²) in [6.45, 7) is 4.50. The Morgan fingerprint density at radius 2 is 2.36 bits per heavy atom. The number of hydrogen-bond donors (Lipinski definition) is 1. The molecule has 0 aliphatic carbocycles. The number of anilines is 1. The molecule has 1 N–H and O–H groups in total. The first kappa shape index (κ1) is 9.50. The standard InChI is InChI=1S/C12H16FN/c1-3-9-4-5-10-11(8(2)13)7-14-12(10)6-9/h4-6,8,11,14H,3,7H2,1-2H3. The molecule has 14 heavy (non-hydrogen) atoms. The smallest absolute Gasteiger partial charge is 0.106 e. The Hall–Kier alpha value is -1.05. The van der Waals surface area contributed by atoms with Crippen molar-refractivity contribution in [2.45, 2.75) is 32.4 Å². The largest absolute Gasteiger partial charge is 0.384 e. The quantitative estimate of drug-likeness (QED) is 0.761. The normalized spacial score (nSPS) is 21.5. The van der Waals surface area contributed by atoms with Gasteiger partial charge in [0.15, 0.2) is 0 Å². The summed E-state index contributed by atoms with van der Waals surface area (Å²) in [6, 6.07) is 6.30. The Morgan fingerprint density at radius 3 is 3.00 bits per heavy atom. The van der Waals surface area contributed by atoms with Gasteiger partial charge in [0.1, 0.15) is 6.17 Å². The van der Waals surface area contributed by atoms with Gasteiger partial charge < -0.3 is 5.32 Å². The zero-order chi connectivity index (χ0) is 10.1. The summed E-state index contributed by atoms with van der Waals surface area (Å²) in [7, 11) is 0. The molecule has 0 aromatic heterocycles. The van der Waals surface area contributed by atoms with Gasteiger partial charge in [0.2, 0.25) is 0 Å². The number of rotatable bonds is 2. The van der Waals surface area contributed by atoms with Gasteiger partial charge in [-0.15, -0.1) is 0 Å². The van der Waals surface area contributed by atoms with Crippen LogP contribution in [0.25, 0.3) is 0 Å². The summed E-state index contributed by atoms with van der Waals surface area (Å²) in [4.78, 5) is 0. The van der Waals surface area contributed by atoms with Crippen LogP contribution in [0.4, 0.5) is 10.1 Å². The maximum Gasteiger partial charge on any atom is 0.106 e. The third-order valence-corrected chi connectivity index (χ3v) is 2.99. The van der Waals surface area contributed by atoms with Crippen molar-refractivity contribution < 1.29 is 4.39 Å². The second-order valence-electron chi connectivity index (χ2n) is 3.94. The van der Waals surface area contributed by atoms with Crippen molar-refractivity contribution in [1.29, 1.82) is 0 Å². The van der Waals surface area contributed by atoms with E-state index in [0.29, 0.717) is 0 Å². The first-order valence-electron chi connectivity index (χ1n) is 5.23. The first-order valence-corrected chi connectivity index (χ1v) is 5.23. The molecule has 1 nitrogen and oxygen atoms in total. The second-order valence-corrected chi connectivity index (χ2v) is 3.94. The zero-order valence-electron chi connectivity index (χ0n) is 8.68. The minimum Gasteiger partial charge on any atom is -0.384 e. The monoisotopic (exact) mass is 193 g/mol. The predicted molar refractivity (Wildman–Crippen MR) is 57.6 cm³/mol.